The fraction of sp³-hybridized carbons (Fsp3) is 0. The maximum atomic E-state index is 5.62. The summed E-state index contributed by atoms with van der Waals surface area (Å²) >= 11 is 0. The van der Waals surface area contributed by atoms with E-state index in [0.717, 1.165) is 17.0 Å². The lowest BCUT2D eigenvalue weighted by atomic mass is 10.1. The number of rotatable bonds is 3. The number of ether oxygens (including phenoxy) is 1. The molecule has 0 N–H and O–H groups in total. The minimum absolute atomic E-state index is 0.354. The van der Waals surface area contributed by atoms with Crippen LogP contribution in [0.3, 0.4) is 0 Å². The maximum absolute atomic E-state index is 5.62. The van der Waals surface area contributed by atoms with E-state index in [1.165, 1.54) is 0 Å². The van der Waals surface area contributed by atoms with E-state index in [-0.39, 0.29) is 0 Å². The maximum Gasteiger partial charge on any atom is 0.322 e. The first-order valence-corrected chi connectivity index (χ1v) is 6.03. The molecule has 19 heavy (non-hydrogen) atoms. The number of para-hydroxylation sites is 1. The van der Waals surface area contributed by atoms with Crippen LogP contribution in [0.2, 0.25) is 0 Å². The molecule has 0 unspecified atom stereocenters. The van der Waals surface area contributed by atoms with Crippen LogP contribution in [0.5, 0.6) is 11.8 Å². The van der Waals surface area contributed by atoms with Gasteiger partial charge in [0.2, 0.25) is 0 Å². The van der Waals surface area contributed by atoms with Crippen molar-refractivity contribution < 1.29 is 4.74 Å². The second-order valence-electron chi connectivity index (χ2n) is 4.01. The van der Waals surface area contributed by atoms with Gasteiger partial charge in [-0.15, -0.1) is 0 Å². The first kappa shape index (κ1) is 11.4. The van der Waals surface area contributed by atoms with E-state index < -0.39 is 0 Å². The van der Waals surface area contributed by atoms with E-state index in [9.17, 15) is 0 Å². The Morgan fingerprint density at radius 3 is 2.16 bits per heavy atom. The fourth-order valence-corrected chi connectivity index (χ4v) is 1.75. The van der Waals surface area contributed by atoms with E-state index >= 15 is 0 Å². The number of aromatic nitrogens is 2. The quantitative estimate of drug-likeness (QED) is 0.704. The lowest BCUT2D eigenvalue weighted by Gasteiger charge is -2.05. The molecule has 3 heteroatoms. The van der Waals surface area contributed by atoms with Gasteiger partial charge in [-0.2, -0.15) is 4.98 Å². The summed E-state index contributed by atoms with van der Waals surface area (Å²) in [4.78, 5) is 8.53. The van der Waals surface area contributed by atoms with Crippen LogP contribution < -0.4 is 4.74 Å². The molecule has 3 nitrogen and oxygen atoms in total. The summed E-state index contributed by atoms with van der Waals surface area (Å²) in [5.41, 5.74) is 1.89. The van der Waals surface area contributed by atoms with Crippen molar-refractivity contribution in [2.24, 2.45) is 0 Å². The number of nitrogens with zero attached hydrogens (tertiary/aromatic N) is 2. The minimum atomic E-state index is 0.354. The van der Waals surface area contributed by atoms with Crippen molar-refractivity contribution in [3.05, 3.63) is 72.9 Å². The van der Waals surface area contributed by atoms with Crippen molar-refractivity contribution in [3.8, 4) is 23.0 Å². The summed E-state index contributed by atoms with van der Waals surface area (Å²) in [6.07, 6.45) is 1.70. The van der Waals surface area contributed by atoms with Crippen molar-refractivity contribution in [1.82, 2.24) is 9.97 Å². The summed E-state index contributed by atoms with van der Waals surface area (Å²) in [5, 5.41) is 0. The van der Waals surface area contributed by atoms with Gasteiger partial charge >= 0.3 is 6.01 Å². The second-order valence-corrected chi connectivity index (χ2v) is 4.01. The Balaban J connectivity index is 1.89. The third-order valence-electron chi connectivity index (χ3n) is 2.66. The van der Waals surface area contributed by atoms with Crippen molar-refractivity contribution in [2.75, 3.05) is 0 Å². The predicted octanol–water partition coefficient (Wildman–Crippen LogP) is 3.94. The van der Waals surface area contributed by atoms with Gasteiger partial charge in [0.05, 0.1) is 5.69 Å². The average molecular weight is 248 g/mol. The molecule has 0 bridgehead atoms. The first-order chi connectivity index (χ1) is 9.42. The van der Waals surface area contributed by atoms with Gasteiger partial charge in [0.25, 0.3) is 0 Å². The Bertz CT molecular complexity index is 654. The zero-order valence-corrected chi connectivity index (χ0v) is 10.2. The highest BCUT2D eigenvalue weighted by molar-refractivity contribution is 5.58. The van der Waals surface area contributed by atoms with Gasteiger partial charge in [-0.25, -0.2) is 4.98 Å². The first-order valence-electron chi connectivity index (χ1n) is 6.03. The van der Waals surface area contributed by atoms with Crippen LogP contribution in [0.25, 0.3) is 11.3 Å². The van der Waals surface area contributed by atoms with Gasteiger partial charge in [0.1, 0.15) is 5.75 Å². The SMILES string of the molecule is c1ccc(Oc2nccc(-c3ccccc3)n2)cc1. The molecule has 0 aliphatic heterocycles. The lowest BCUT2D eigenvalue weighted by molar-refractivity contribution is 0.442. The third-order valence-corrected chi connectivity index (χ3v) is 2.66. The van der Waals surface area contributed by atoms with Gasteiger partial charge < -0.3 is 4.74 Å². The van der Waals surface area contributed by atoms with Crippen molar-refractivity contribution in [3.63, 3.8) is 0 Å². The Hall–Kier alpha value is -2.68. The van der Waals surface area contributed by atoms with E-state index in [4.69, 9.17) is 4.74 Å². The van der Waals surface area contributed by atoms with E-state index in [1.807, 2.05) is 66.7 Å². The van der Waals surface area contributed by atoms with Crippen molar-refractivity contribution >= 4 is 0 Å². The van der Waals surface area contributed by atoms with E-state index in [0.29, 0.717) is 6.01 Å². The van der Waals surface area contributed by atoms with Crippen LogP contribution in [-0.4, -0.2) is 9.97 Å². The molecule has 0 spiro atoms. The van der Waals surface area contributed by atoms with E-state index in [2.05, 4.69) is 9.97 Å². The van der Waals surface area contributed by atoms with Gasteiger partial charge in [-0.05, 0) is 18.2 Å². The monoisotopic (exact) mass is 248 g/mol. The molecule has 0 atom stereocenters. The molecule has 0 aliphatic rings. The zero-order chi connectivity index (χ0) is 12.9. The molecule has 2 aromatic carbocycles. The largest absolute Gasteiger partial charge is 0.424 e. The summed E-state index contributed by atoms with van der Waals surface area (Å²) in [5.74, 6) is 0.729. The van der Waals surface area contributed by atoms with E-state index in [1.54, 1.807) is 6.20 Å². The number of hydrogen-bond acceptors (Lipinski definition) is 3. The Labute approximate surface area is 111 Å². The zero-order valence-electron chi connectivity index (χ0n) is 10.2. The van der Waals surface area contributed by atoms with Crippen LogP contribution in [0.15, 0.2) is 72.9 Å². The Kier molecular flexibility index (Phi) is 3.19. The van der Waals surface area contributed by atoms with Crippen LogP contribution in [0.4, 0.5) is 0 Å². The molecule has 92 valence electrons. The van der Waals surface area contributed by atoms with Crippen LogP contribution in [0.1, 0.15) is 0 Å². The highest BCUT2D eigenvalue weighted by Gasteiger charge is 2.03. The Morgan fingerprint density at radius 2 is 1.42 bits per heavy atom. The molecular weight excluding hydrogens is 236 g/mol. The summed E-state index contributed by atoms with van der Waals surface area (Å²) < 4.78 is 5.62. The van der Waals surface area contributed by atoms with Crippen LogP contribution in [0, 0.1) is 0 Å². The molecule has 1 aromatic heterocycles. The highest BCUT2D eigenvalue weighted by atomic mass is 16.5. The molecule has 0 aliphatic carbocycles. The molecular formula is C16H12N2O. The summed E-state index contributed by atoms with van der Waals surface area (Å²) in [7, 11) is 0. The van der Waals surface area contributed by atoms with Crippen molar-refractivity contribution in [1.29, 1.82) is 0 Å². The van der Waals surface area contributed by atoms with Crippen LogP contribution >= 0.6 is 0 Å². The normalized spacial score (nSPS) is 10.1. The predicted molar refractivity (Wildman–Crippen MR) is 74.0 cm³/mol. The summed E-state index contributed by atoms with van der Waals surface area (Å²) in [6.45, 7) is 0. The fourth-order valence-electron chi connectivity index (χ4n) is 1.75. The molecule has 0 fully saturated rings. The standard InChI is InChI=1S/C16H12N2O/c1-3-7-13(8-4-1)15-11-12-17-16(18-15)19-14-9-5-2-6-10-14/h1-12H. The Morgan fingerprint density at radius 1 is 0.737 bits per heavy atom. The molecule has 0 saturated carbocycles. The molecule has 3 aromatic rings. The number of hydrogen-bond donors (Lipinski definition) is 0. The van der Waals surface area contributed by atoms with Crippen LogP contribution in [-0.2, 0) is 0 Å². The lowest BCUT2D eigenvalue weighted by Crippen LogP contribution is -1.93. The van der Waals surface area contributed by atoms with Crippen molar-refractivity contribution in [2.45, 2.75) is 0 Å². The number of benzene rings is 2. The molecule has 1 heterocycles. The average Bonchev–Trinajstić information content (AvgIpc) is 2.49. The van der Waals surface area contributed by atoms with Gasteiger partial charge in [0, 0.05) is 11.8 Å². The van der Waals surface area contributed by atoms with Gasteiger partial charge in [-0.3, -0.25) is 0 Å². The molecule has 0 amide bonds. The third kappa shape index (κ3) is 2.77. The minimum Gasteiger partial charge on any atom is -0.424 e. The highest BCUT2D eigenvalue weighted by Crippen LogP contribution is 2.21. The molecule has 0 radical (unpaired) electrons. The smallest absolute Gasteiger partial charge is 0.322 e. The molecule has 0 saturated heterocycles. The van der Waals surface area contributed by atoms with Gasteiger partial charge in [0.15, 0.2) is 0 Å². The summed E-state index contributed by atoms with van der Waals surface area (Å²) in [6, 6.07) is 21.7. The topological polar surface area (TPSA) is 35.0 Å². The van der Waals surface area contributed by atoms with Gasteiger partial charge in [-0.1, -0.05) is 48.5 Å². The molecule has 3 rings (SSSR count). The second kappa shape index (κ2) is 5.31.